The lowest BCUT2D eigenvalue weighted by molar-refractivity contribution is 0.138. The summed E-state index contributed by atoms with van der Waals surface area (Å²) in [5.74, 6) is 0. The summed E-state index contributed by atoms with van der Waals surface area (Å²) in [6.07, 6.45) is 1.51. The Balaban J connectivity index is 2.49. The first-order valence-corrected chi connectivity index (χ1v) is 2.37. The van der Waals surface area contributed by atoms with Crippen LogP contribution < -0.4 is 0 Å². The van der Waals surface area contributed by atoms with E-state index in [9.17, 15) is 0 Å². The van der Waals surface area contributed by atoms with Crippen molar-refractivity contribution in [3.63, 3.8) is 0 Å². The topological polar surface area (TPSA) is 21.6 Å². The predicted octanol–water partition coefficient (Wildman–Crippen LogP) is 0.824. The highest BCUT2D eigenvalue weighted by atomic mass is 16.5. The van der Waals surface area contributed by atoms with Crippen molar-refractivity contribution in [2.24, 2.45) is 4.99 Å². The van der Waals surface area contributed by atoms with Gasteiger partial charge < -0.3 is 4.74 Å². The average molecular weight is 99.1 g/mol. The van der Waals surface area contributed by atoms with Crippen LogP contribution in [0.15, 0.2) is 4.99 Å². The summed E-state index contributed by atoms with van der Waals surface area (Å²) >= 11 is 0. The van der Waals surface area contributed by atoms with Crippen molar-refractivity contribution >= 4 is 6.40 Å². The largest absolute Gasteiger partial charge is 0.476 e. The smallest absolute Gasteiger partial charge is 0.170 e. The van der Waals surface area contributed by atoms with Crippen LogP contribution >= 0.6 is 0 Å². The van der Waals surface area contributed by atoms with Crippen LogP contribution in [0.1, 0.15) is 13.8 Å². The second kappa shape index (κ2) is 1.22. The van der Waals surface area contributed by atoms with Crippen molar-refractivity contribution < 1.29 is 4.74 Å². The summed E-state index contributed by atoms with van der Waals surface area (Å²) in [4.78, 5) is 3.89. The van der Waals surface area contributed by atoms with Gasteiger partial charge in [-0.3, -0.25) is 4.99 Å². The van der Waals surface area contributed by atoms with Gasteiger partial charge in [-0.25, -0.2) is 0 Å². The summed E-state index contributed by atoms with van der Waals surface area (Å²) in [5, 5.41) is 0. The first-order chi connectivity index (χ1) is 3.21. The zero-order valence-corrected chi connectivity index (χ0v) is 4.64. The molecule has 0 fully saturated rings. The molecule has 0 saturated heterocycles. The van der Waals surface area contributed by atoms with Gasteiger partial charge >= 0.3 is 0 Å². The van der Waals surface area contributed by atoms with Crippen LogP contribution in [0.3, 0.4) is 0 Å². The highest BCUT2D eigenvalue weighted by Crippen LogP contribution is 2.11. The molecule has 0 N–H and O–H groups in total. The number of hydrogen-bond acceptors (Lipinski definition) is 2. The maximum Gasteiger partial charge on any atom is 0.170 e. The number of rotatable bonds is 0. The van der Waals surface area contributed by atoms with E-state index in [2.05, 4.69) is 4.99 Å². The summed E-state index contributed by atoms with van der Waals surface area (Å²) in [6, 6.07) is 0. The fourth-order valence-corrected chi connectivity index (χ4v) is 0.474. The van der Waals surface area contributed by atoms with Crippen molar-refractivity contribution in [3.05, 3.63) is 0 Å². The third-order valence-electron chi connectivity index (χ3n) is 0.918. The monoisotopic (exact) mass is 99.1 g/mol. The Morgan fingerprint density at radius 1 is 1.71 bits per heavy atom. The standard InChI is InChI=1S/C5H9NO/c1-5(2)3-6-4-7-5/h4H,3H2,1-2H3. The maximum atomic E-state index is 5.05. The summed E-state index contributed by atoms with van der Waals surface area (Å²) in [5.41, 5.74) is -0.0278. The van der Waals surface area contributed by atoms with E-state index in [1.807, 2.05) is 13.8 Å². The van der Waals surface area contributed by atoms with Gasteiger partial charge in [0.2, 0.25) is 0 Å². The minimum atomic E-state index is -0.0278. The first-order valence-electron chi connectivity index (χ1n) is 2.37. The Morgan fingerprint density at radius 2 is 2.43 bits per heavy atom. The highest BCUT2D eigenvalue weighted by molar-refractivity contribution is 5.49. The molecule has 0 aromatic carbocycles. The molecule has 1 heterocycles. The molecule has 1 aliphatic rings. The molecular weight excluding hydrogens is 90.1 g/mol. The van der Waals surface area contributed by atoms with Crippen LogP contribution in [-0.4, -0.2) is 18.5 Å². The summed E-state index contributed by atoms with van der Waals surface area (Å²) in [7, 11) is 0. The van der Waals surface area contributed by atoms with E-state index in [0.717, 1.165) is 6.54 Å². The van der Waals surface area contributed by atoms with Crippen LogP contribution in [0.5, 0.6) is 0 Å². The van der Waals surface area contributed by atoms with E-state index in [1.165, 1.54) is 6.40 Å². The number of ether oxygens (including phenoxy) is 1. The Labute approximate surface area is 43.2 Å². The molecule has 0 atom stereocenters. The van der Waals surface area contributed by atoms with E-state index in [1.54, 1.807) is 0 Å². The molecule has 0 aromatic heterocycles. The van der Waals surface area contributed by atoms with E-state index in [-0.39, 0.29) is 5.60 Å². The molecule has 1 rings (SSSR count). The van der Waals surface area contributed by atoms with Gasteiger partial charge in [0, 0.05) is 0 Å². The molecule has 0 unspecified atom stereocenters. The minimum absolute atomic E-state index is 0.0278. The molecule has 0 saturated carbocycles. The third kappa shape index (κ3) is 0.918. The van der Waals surface area contributed by atoms with Crippen molar-refractivity contribution in [1.29, 1.82) is 0 Å². The van der Waals surface area contributed by atoms with E-state index < -0.39 is 0 Å². The van der Waals surface area contributed by atoms with Gasteiger partial charge in [0.25, 0.3) is 0 Å². The lowest BCUT2D eigenvalue weighted by Gasteiger charge is -2.13. The van der Waals surface area contributed by atoms with Crippen LogP contribution in [0, 0.1) is 0 Å². The Kier molecular flexibility index (Phi) is 0.805. The normalized spacial score (nSPS) is 24.9. The molecule has 0 aliphatic carbocycles. The Bertz CT molecular complexity index is 86.3. The summed E-state index contributed by atoms with van der Waals surface area (Å²) in [6.45, 7) is 4.83. The first kappa shape index (κ1) is 4.62. The van der Waals surface area contributed by atoms with E-state index >= 15 is 0 Å². The molecule has 40 valence electrons. The van der Waals surface area contributed by atoms with Gasteiger partial charge in [-0.05, 0) is 13.8 Å². The molecule has 0 radical (unpaired) electrons. The average Bonchev–Trinajstić information content (AvgIpc) is 1.84. The van der Waals surface area contributed by atoms with Gasteiger partial charge in [-0.15, -0.1) is 0 Å². The predicted molar refractivity (Wildman–Crippen MR) is 28.5 cm³/mol. The van der Waals surface area contributed by atoms with Crippen LogP contribution in [0.25, 0.3) is 0 Å². The zero-order valence-electron chi connectivity index (χ0n) is 4.64. The fourth-order valence-electron chi connectivity index (χ4n) is 0.474. The molecule has 0 bridgehead atoms. The molecule has 0 aromatic rings. The second-order valence-corrected chi connectivity index (χ2v) is 2.32. The number of aliphatic imine (C=N–C) groups is 1. The Morgan fingerprint density at radius 3 is 2.57 bits per heavy atom. The van der Waals surface area contributed by atoms with E-state index in [0.29, 0.717) is 0 Å². The number of nitrogens with zero attached hydrogens (tertiary/aromatic N) is 1. The molecule has 0 amide bonds. The lowest BCUT2D eigenvalue weighted by atomic mass is 10.1. The van der Waals surface area contributed by atoms with Gasteiger partial charge in [0.05, 0.1) is 6.54 Å². The van der Waals surface area contributed by atoms with Gasteiger partial charge in [0.15, 0.2) is 6.40 Å². The van der Waals surface area contributed by atoms with Crippen molar-refractivity contribution in [2.45, 2.75) is 19.4 Å². The number of hydrogen-bond donors (Lipinski definition) is 0. The zero-order chi connectivity index (χ0) is 5.33. The molecular formula is C5H9NO. The lowest BCUT2D eigenvalue weighted by Crippen LogP contribution is -2.21. The molecule has 0 spiro atoms. The third-order valence-corrected chi connectivity index (χ3v) is 0.918. The van der Waals surface area contributed by atoms with Crippen LogP contribution in [0.4, 0.5) is 0 Å². The molecule has 2 heteroatoms. The minimum Gasteiger partial charge on any atom is -0.476 e. The fraction of sp³-hybridized carbons (Fsp3) is 0.800. The summed E-state index contributed by atoms with van der Waals surface area (Å²) < 4.78 is 5.05. The molecule has 1 aliphatic heterocycles. The quantitative estimate of drug-likeness (QED) is 0.440. The van der Waals surface area contributed by atoms with Crippen molar-refractivity contribution in [1.82, 2.24) is 0 Å². The van der Waals surface area contributed by atoms with Gasteiger partial charge in [0.1, 0.15) is 5.60 Å². The van der Waals surface area contributed by atoms with Crippen LogP contribution in [0.2, 0.25) is 0 Å². The molecule has 7 heavy (non-hydrogen) atoms. The van der Waals surface area contributed by atoms with Gasteiger partial charge in [-0.1, -0.05) is 0 Å². The highest BCUT2D eigenvalue weighted by Gasteiger charge is 2.20. The second-order valence-electron chi connectivity index (χ2n) is 2.32. The molecule has 2 nitrogen and oxygen atoms in total. The van der Waals surface area contributed by atoms with E-state index in [4.69, 9.17) is 4.74 Å². The Hall–Kier alpha value is -0.530. The van der Waals surface area contributed by atoms with Crippen molar-refractivity contribution in [2.75, 3.05) is 6.54 Å². The van der Waals surface area contributed by atoms with Crippen LogP contribution in [-0.2, 0) is 4.74 Å². The van der Waals surface area contributed by atoms with Gasteiger partial charge in [-0.2, -0.15) is 0 Å². The van der Waals surface area contributed by atoms with Crippen molar-refractivity contribution in [3.8, 4) is 0 Å². The SMILES string of the molecule is CC1(C)CN=CO1. The maximum absolute atomic E-state index is 5.05.